The molecule has 0 fully saturated rings. The largest absolute Gasteiger partial charge is 0.207 e. The van der Waals surface area contributed by atoms with E-state index in [9.17, 15) is 4.39 Å². The maximum Gasteiger partial charge on any atom is 0.123 e. The summed E-state index contributed by atoms with van der Waals surface area (Å²) in [5.41, 5.74) is 1.36. The van der Waals surface area contributed by atoms with E-state index in [0.29, 0.717) is 0 Å². The van der Waals surface area contributed by atoms with E-state index in [1.807, 2.05) is 26.0 Å². The fraction of sp³-hybridized carbons (Fsp3) is 0.538. The first-order chi connectivity index (χ1) is 6.56. The minimum atomic E-state index is -0.161. The molecule has 14 heavy (non-hydrogen) atoms. The van der Waals surface area contributed by atoms with Crippen LogP contribution in [0.1, 0.15) is 46.6 Å². The van der Waals surface area contributed by atoms with Crippen molar-refractivity contribution in [2.24, 2.45) is 0 Å². The third-order valence-electron chi connectivity index (χ3n) is 2.51. The van der Waals surface area contributed by atoms with Gasteiger partial charge in [-0.2, -0.15) is 0 Å². The standard InChI is InChI=1S/C11H15F.C2H6/c1-4-11(2,3)9-5-7-10(12)8-6-9;1-2/h5-8H,4H2,1-3H3;1-2H3. The van der Waals surface area contributed by atoms with Crippen LogP contribution in [0.2, 0.25) is 0 Å². The van der Waals surface area contributed by atoms with Crippen LogP contribution in [0.25, 0.3) is 0 Å². The van der Waals surface area contributed by atoms with E-state index < -0.39 is 0 Å². The van der Waals surface area contributed by atoms with E-state index in [4.69, 9.17) is 0 Å². The average molecular weight is 196 g/mol. The summed E-state index contributed by atoms with van der Waals surface area (Å²) < 4.78 is 12.6. The van der Waals surface area contributed by atoms with Crippen LogP contribution in [0, 0.1) is 5.82 Å². The zero-order valence-corrected chi connectivity index (χ0v) is 9.89. The van der Waals surface area contributed by atoms with E-state index in [0.717, 1.165) is 6.42 Å². The Kier molecular flexibility index (Phi) is 5.44. The van der Waals surface area contributed by atoms with Gasteiger partial charge in [-0.1, -0.05) is 46.8 Å². The molecule has 1 aromatic carbocycles. The van der Waals surface area contributed by atoms with Crippen molar-refractivity contribution in [1.29, 1.82) is 0 Å². The van der Waals surface area contributed by atoms with Gasteiger partial charge in [0.25, 0.3) is 0 Å². The van der Waals surface area contributed by atoms with Gasteiger partial charge in [-0.3, -0.25) is 0 Å². The number of hydrogen-bond acceptors (Lipinski definition) is 0. The van der Waals surface area contributed by atoms with Crippen molar-refractivity contribution in [2.45, 2.75) is 46.5 Å². The Labute approximate surface area is 87.2 Å². The molecule has 1 heteroatoms. The van der Waals surface area contributed by atoms with Gasteiger partial charge in [-0.05, 0) is 29.5 Å². The van der Waals surface area contributed by atoms with Gasteiger partial charge in [0, 0.05) is 0 Å². The summed E-state index contributed by atoms with van der Waals surface area (Å²) in [6.07, 6.45) is 1.07. The molecule has 0 radical (unpaired) electrons. The first-order valence-electron chi connectivity index (χ1n) is 5.32. The molecule has 1 aromatic rings. The zero-order valence-electron chi connectivity index (χ0n) is 9.89. The number of benzene rings is 1. The van der Waals surface area contributed by atoms with E-state index in [-0.39, 0.29) is 11.2 Å². The monoisotopic (exact) mass is 196 g/mol. The van der Waals surface area contributed by atoms with Gasteiger partial charge in [0.15, 0.2) is 0 Å². The van der Waals surface area contributed by atoms with Crippen molar-refractivity contribution >= 4 is 0 Å². The minimum Gasteiger partial charge on any atom is -0.207 e. The molecule has 0 aliphatic heterocycles. The molecule has 0 amide bonds. The number of halogens is 1. The molecule has 0 atom stereocenters. The second kappa shape index (κ2) is 5.79. The van der Waals surface area contributed by atoms with E-state index in [1.54, 1.807) is 0 Å². The van der Waals surface area contributed by atoms with E-state index in [2.05, 4.69) is 20.8 Å². The van der Waals surface area contributed by atoms with Gasteiger partial charge in [-0.15, -0.1) is 0 Å². The van der Waals surface area contributed by atoms with Crippen LogP contribution >= 0.6 is 0 Å². The molecular weight excluding hydrogens is 175 g/mol. The first-order valence-corrected chi connectivity index (χ1v) is 5.32. The second-order valence-corrected chi connectivity index (χ2v) is 3.74. The van der Waals surface area contributed by atoms with Crippen molar-refractivity contribution in [3.05, 3.63) is 35.6 Å². The van der Waals surface area contributed by atoms with E-state index in [1.165, 1.54) is 17.7 Å². The Morgan fingerprint density at radius 3 is 1.86 bits per heavy atom. The molecule has 0 aromatic heterocycles. The molecule has 0 unspecified atom stereocenters. The highest BCUT2D eigenvalue weighted by Gasteiger charge is 2.17. The van der Waals surface area contributed by atoms with Crippen molar-refractivity contribution in [1.82, 2.24) is 0 Å². The molecule has 0 spiro atoms. The molecule has 0 aliphatic rings. The molecule has 0 heterocycles. The number of rotatable bonds is 2. The average Bonchev–Trinajstić information content (AvgIpc) is 2.21. The Morgan fingerprint density at radius 1 is 1.07 bits per heavy atom. The summed E-state index contributed by atoms with van der Waals surface area (Å²) in [5, 5.41) is 0. The molecular formula is C13H21F. The second-order valence-electron chi connectivity index (χ2n) is 3.74. The number of hydrogen-bond donors (Lipinski definition) is 0. The summed E-state index contributed by atoms with van der Waals surface area (Å²) in [4.78, 5) is 0. The molecule has 80 valence electrons. The summed E-state index contributed by atoms with van der Waals surface area (Å²) in [6, 6.07) is 6.76. The van der Waals surface area contributed by atoms with Crippen LogP contribution in [-0.2, 0) is 5.41 Å². The van der Waals surface area contributed by atoms with Gasteiger partial charge in [0.1, 0.15) is 5.82 Å². The van der Waals surface area contributed by atoms with Crippen molar-refractivity contribution in [2.75, 3.05) is 0 Å². The summed E-state index contributed by atoms with van der Waals surface area (Å²) in [5.74, 6) is -0.161. The van der Waals surface area contributed by atoms with Gasteiger partial charge in [-0.25, -0.2) is 4.39 Å². The molecule has 1 rings (SSSR count). The van der Waals surface area contributed by atoms with Crippen molar-refractivity contribution in [3.8, 4) is 0 Å². The van der Waals surface area contributed by atoms with Crippen LogP contribution < -0.4 is 0 Å². The lowest BCUT2D eigenvalue weighted by molar-refractivity contribution is 0.504. The topological polar surface area (TPSA) is 0 Å². The van der Waals surface area contributed by atoms with Gasteiger partial charge < -0.3 is 0 Å². The fourth-order valence-electron chi connectivity index (χ4n) is 1.11. The molecule has 0 saturated heterocycles. The van der Waals surface area contributed by atoms with Crippen LogP contribution in [0.5, 0.6) is 0 Å². The Balaban J connectivity index is 0.000000791. The molecule has 0 aliphatic carbocycles. The third-order valence-corrected chi connectivity index (χ3v) is 2.51. The lowest BCUT2D eigenvalue weighted by Crippen LogP contribution is -2.14. The Morgan fingerprint density at radius 2 is 1.50 bits per heavy atom. The predicted molar refractivity (Wildman–Crippen MR) is 61.1 cm³/mol. The SMILES string of the molecule is CC.CCC(C)(C)c1ccc(F)cc1. The van der Waals surface area contributed by atoms with Gasteiger partial charge in [0.2, 0.25) is 0 Å². The maximum absolute atomic E-state index is 12.6. The summed E-state index contributed by atoms with van der Waals surface area (Å²) in [6.45, 7) is 10.5. The van der Waals surface area contributed by atoms with Crippen LogP contribution in [0.4, 0.5) is 4.39 Å². The highest BCUT2D eigenvalue weighted by molar-refractivity contribution is 5.23. The third kappa shape index (κ3) is 3.49. The molecule has 0 N–H and O–H groups in total. The fourth-order valence-corrected chi connectivity index (χ4v) is 1.11. The maximum atomic E-state index is 12.6. The van der Waals surface area contributed by atoms with Crippen LogP contribution in [0.15, 0.2) is 24.3 Å². The molecule has 0 saturated carbocycles. The smallest absolute Gasteiger partial charge is 0.123 e. The van der Waals surface area contributed by atoms with Gasteiger partial charge >= 0.3 is 0 Å². The highest BCUT2D eigenvalue weighted by atomic mass is 19.1. The lowest BCUT2D eigenvalue weighted by Gasteiger charge is -2.22. The van der Waals surface area contributed by atoms with Gasteiger partial charge in [0.05, 0.1) is 0 Å². The van der Waals surface area contributed by atoms with Crippen molar-refractivity contribution in [3.63, 3.8) is 0 Å². The predicted octanol–water partition coefficient (Wildman–Crippen LogP) is 4.54. The quantitative estimate of drug-likeness (QED) is 0.651. The molecule has 0 bridgehead atoms. The highest BCUT2D eigenvalue weighted by Crippen LogP contribution is 2.26. The van der Waals surface area contributed by atoms with Crippen LogP contribution in [-0.4, -0.2) is 0 Å². The molecule has 0 nitrogen and oxygen atoms in total. The minimum absolute atomic E-state index is 0.160. The van der Waals surface area contributed by atoms with E-state index >= 15 is 0 Å². The van der Waals surface area contributed by atoms with Crippen LogP contribution in [0.3, 0.4) is 0 Å². The summed E-state index contributed by atoms with van der Waals surface area (Å²) >= 11 is 0. The zero-order chi connectivity index (χ0) is 11.2. The Hall–Kier alpha value is -0.850. The first kappa shape index (κ1) is 13.2. The van der Waals surface area contributed by atoms with Crippen molar-refractivity contribution < 1.29 is 4.39 Å². The normalized spacial score (nSPS) is 10.4. The lowest BCUT2D eigenvalue weighted by atomic mass is 9.82. The summed E-state index contributed by atoms with van der Waals surface area (Å²) in [7, 11) is 0. The Bertz CT molecular complexity index is 246.